The van der Waals surface area contributed by atoms with E-state index < -0.39 is 26.7 Å². The number of carboxylic acid groups (broad SMARTS) is 1. The minimum absolute atomic E-state index is 0.139. The first-order valence-electron chi connectivity index (χ1n) is 9.13. The van der Waals surface area contributed by atoms with Crippen LogP contribution in [0.25, 0.3) is 0 Å². The number of carbonyl (C=O) groups is 1. The third-order valence-corrected chi connectivity index (χ3v) is 6.52. The van der Waals surface area contributed by atoms with Crippen molar-refractivity contribution >= 4 is 27.6 Å². The zero-order chi connectivity index (χ0) is 19.9. The Hall–Kier alpha value is -1.44. The second kappa shape index (κ2) is 10.2. The molecule has 0 aromatic heterocycles. The summed E-state index contributed by atoms with van der Waals surface area (Å²) in [5, 5.41) is 8.80. The van der Waals surface area contributed by atoms with E-state index in [9.17, 15) is 17.6 Å². The highest BCUT2D eigenvalue weighted by Crippen LogP contribution is 2.31. The molecule has 8 heteroatoms. The molecule has 0 aliphatic heterocycles. The minimum Gasteiger partial charge on any atom is -0.481 e. The highest BCUT2D eigenvalue weighted by atomic mass is 35.5. The van der Waals surface area contributed by atoms with Gasteiger partial charge in [0.25, 0.3) is 0 Å². The number of allylic oxidation sites excluding steroid dienone is 2. The lowest BCUT2D eigenvalue weighted by atomic mass is 9.79. The number of rotatable bonds is 9. The average Bonchev–Trinajstić information content (AvgIpc) is 2.60. The molecule has 1 aromatic rings. The predicted molar refractivity (Wildman–Crippen MR) is 103 cm³/mol. The molecular weight excluding hydrogens is 393 g/mol. The van der Waals surface area contributed by atoms with Crippen LogP contribution in [0.15, 0.2) is 35.2 Å². The van der Waals surface area contributed by atoms with Crippen molar-refractivity contribution in [1.82, 2.24) is 4.72 Å². The van der Waals surface area contributed by atoms with E-state index >= 15 is 0 Å². The fourth-order valence-corrected chi connectivity index (χ4v) is 4.68. The van der Waals surface area contributed by atoms with Crippen LogP contribution in [-0.2, 0) is 14.8 Å². The SMILES string of the molecule is O=C(O)CCC/C=C\C1CCCCC1CNS(=O)(=O)c1ccc(Cl)cc1F. The molecule has 1 saturated carbocycles. The van der Waals surface area contributed by atoms with Gasteiger partial charge in [0.15, 0.2) is 0 Å². The average molecular weight is 418 g/mol. The molecule has 1 aliphatic rings. The third-order valence-electron chi connectivity index (χ3n) is 4.83. The first-order valence-corrected chi connectivity index (χ1v) is 11.0. The Morgan fingerprint density at radius 2 is 2.07 bits per heavy atom. The minimum atomic E-state index is -3.94. The van der Waals surface area contributed by atoms with E-state index in [-0.39, 0.29) is 29.8 Å². The van der Waals surface area contributed by atoms with E-state index in [1.165, 1.54) is 12.1 Å². The molecule has 2 N–H and O–H groups in total. The number of benzene rings is 1. The second-order valence-electron chi connectivity index (χ2n) is 6.85. The van der Waals surface area contributed by atoms with Gasteiger partial charge in [-0.15, -0.1) is 0 Å². The molecule has 0 spiro atoms. The molecular formula is C19H25ClFNO4S. The molecule has 0 bridgehead atoms. The molecule has 1 aromatic carbocycles. The number of nitrogens with one attached hydrogen (secondary N) is 1. The monoisotopic (exact) mass is 417 g/mol. The summed E-state index contributed by atoms with van der Waals surface area (Å²) in [6, 6.07) is 3.50. The zero-order valence-electron chi connectivity index (χ0n) is 15.0. The first kappa shape index (κ1) is 21.9. The molecule has 5 nitrogen and oxygen atoms in total. The molecule has 0 saturated heterocycles. The van der Waals surface area contributed by atoms with Gasteiger partial charge in [-0.05, 0) is 55.7 Å². The third kappa shape index (κ3) is 6.90. The fourth-order valence-electron chi connectivity index (χ4n) is 3.37. The van der Waals surface area contributed by atoms with Gasteiger partial charge < -0.3 is 5.11 Å². The van der Waals surface area contributed by atoms with Crippen molar-refractivity contribution in [3.63, 3.8) is 0 Å². The summed E-state index contributed by atoms with van der Waals surface area (Å²) in [6.45, 7) is 0.245. The normalized spacial score (nSPS) is 20.8. The summed E-state index contributed by atoms with van der Waals surface area (Å²) in [6.07, 6.45) is 9.47. The van der Waals surface area contributed by atoms with Crippen LogP contribution in [0.3, 0.4) is 0 Å². The molecule has 2 atom stereocenters. The van der Waals surface area contributed by atoms with Crippen molar-refractivity contribution in [2.75, 3.05) is 6.54 Å². The quantitative estimate of drug-likeness (QED) is 0.461. The standard InChI is InChI=1S/C19H25ClFNO4S/c20-16-10-11-18(17(21)12-16)27(25,26)22-13-15-8-5-4-7-14(15)6-2-1-3-9-19(23)24/h2,6,10-12,14-15,22H,1,3-5,7-9,13H2,(H,23,24)/b6-2-. The fraction of sp³-hybridized carbons (Fsp3) is 0.526. The van der Waals surface area contributed by atoms with Crippen LogP contribution in [0.2, 0.25) is 5.02 Å². The van der Waals surface area contributed by atoms with Gasteiger partial charge in [-0.3, -0.25) is 4.79 Å². The van der Waals surface area contributed by atoms with Crippen molar-refractivity contribution < 1.29 is 22.7 Å². The van der Waals surface area contributed by atoms with Gasteiger partial charge in [0, 0.05) is 18.0 Å². The van der Waals surface area contributed by atoms with Gasteiger partial charge in [-0.1, -0.05) is 36.6 Å². The van der Waals surface area contributed by atoms with Crippen LogP contribution in [0, 0.1) is 17.7 Å². The maximum atomic E-state index is 13.9. The second-order valence-corrected chi connectivity index (χ2v) is 9.02. The van der Waals surface area contributed by atoms with Crippen LogP contribution < -0.4 is 4.72 Å². The number of aliphatic carboxylic acids is 1. The highest BCUT2D eigenvalue weighted by Gasteiger charge is 2.26. The summed E-state index contributed by atoms with van der Waals surface area (Å²) in [7, 11) is -3.94. The van der Waals surface area contributed by atoms with E-state index in [2.05, 4.69) is 10.8 Å². The Bertz CT molecular complexity index is 782. The van der Waals surface area contributed by atoms with E-state index in [0.717, 1.165) is 31.7 Å². The topological polar surface area (TPSA) is 83.5 Å². The van der Waals surface area contributed by atoms with E-state index in [1.54, 1.807) is 0 Å². The highest BCUT2D eigenvalue weighted by molar-refractivity contribution is 7.89. The van der Waals surface area contributed by atoms with Crippen LogP contribution in [0.5, 0.6) is 0 Å². The number of carboxylic acids is 1. The lowest BCUT2D eigenvalue weighted by Crippen LogP contribution is -2.34. The van der Waals surface area contributed by atoms with E-state index in [4.69, 9.17) is 16.7 Å². The molecule has 0 radical (unpaired) electrons. The van der Waals surface area contributed by atoms with Crippen molar-refractivity contribution in [3.8, 4) is 0 Å². The van der Waals surface area contributed by atoms with Crippen molar-refractivity contribution in [3.05, 3.63) is 41.2 Å². The molecule has 2 unspecified atom stereocenters. The zero-order valence-corrected chi connectivity index (χ0v) is 16.6. The van der Waals surface area contributed by atoms with E-state index in [1.807, 2.05) is 6.08 Å². The first-order chi connectivity index (χ1) is 12.8. The Morgan fingerprint density at radius 1 is 1.33 bits per heavy atom. The van der Waals surface area contributed by atoms with Gasteiger partial charge >= 0.3 is 5.97 Å². The molecule has 2 rings (SSSR count). The van der Waals surface area contributed by atoms with Crippen LogP contribution in [-0.4, -0.2) is 26.0 Å². The molecule has 150 valence electrons. The molecule has 0 amide bonds. The van der Waals surface area contributed by atoms with E-state index in [0.29, 0.717) is 12.8 Å². The van der Waals surface area contributed by atoms with Crippen LogP contribution >= 0.6 is 11.6 Å². The Kier molecular flexibility index (Phi) is 8.26. The maximum absolute atomic E-state index is 13.9. The van der Waals surface area contributed by atoms with Crippen molar-refractivity contribution in [2.24, 2.45) is 11.8 Å². The predicted octanol–water partition coefficient (Wildman–Crippen LogP) is 4.37. The largest absolute Gasteiger partial charge is 0.481 e. The van der Waals surface area contributed by atoms with Crippen LogP contribution in [0.1, 0.15) is 44.9 Å². The maximum Gasteiger partial charge on any atom is 0.303 e. The number of unbranched alkanes of at least 4 members (excludes halogenated alkanes) is 1. The van der Waals surface area contributed by atoms with Crippen molar-refractivity contribution in [1.29, 1.82) is 0 Å². The van der Waals surface area contributed by atoms with Gasteiger partial charge in [0.05, 0.1) is 0 Å². The van der Waals surface area contributed by atoms with Crippen molar-refractivity contribution in [2.45, 2.75) is 49.8 Å². The summed E-state index contributed by atoms with van der Waals surface area (Å²) < 4.78 is 41.3. The van der Waals surface area contributed by atoms with Gasteiger partial charge in [-0.25, -0.2) is 17.5 Å². The van der Waals surface area contributed by atoms with Gasteiger partial charge in [-0.2, -0.15) is 0 Å². The van der Waals surface area contributed by atoms with Gasteiger partial charge in [0.1, 0.15) is 10.7 Å². The summed E-state index contributed by atoms with van der Waals surface area (Å²) in [5.41, 5.74) is 0. The Labute approximate surface area is 164 Å². The smallest absolute Gasteiger partial charge is 0.303 e. The lowest BCUT2D eigenvalue weighted by Gasteiger charge is -2.29. The molecule has 1 aliphatic carbocycles. The molecule has 0 heterocycles. The Morgan fingerprint density at radius 3 is 2.78 bits per heavy atom. The van der Waals surface area contributed by atoms with Gasteiger partial charge in [0.2, 0.25) is 10.0 Å². The Balaban J connectivity index is 1.95. The summed E-state index contributed by atoms with van der Waals surface area (Å²) in [4.78, 5) is 10.1. The summed E-state index contributed by atoms with van der Waals surface area (Å²) >= 11 is 5.68. The number of halogens is 2. The molecule has 1 fully saturated rings. The molecule has 27 heavy (non-hydrogen) atoms. The number of hydrogen-bond acceptors (Lipinski definition) is 3. The number of hydrogen-bond donors (Lipinski definition) is 2. The lowest BCUT2D eigenvalue weighted by molar-refractivity contribution is -0.137. The number of sulfonamides is 1. The van der Waals surface area contributed by atoms with Crippen LogP contribution in [0.4, 0.5) is 4.39 Å². The summed E-state index contributed by atoms with van der Waals surface area (Å²) in [5.74, 6) is -1.29.